The van der Waals surface area contributed by atoms with E-state index >= 15 is 0 Å². The fraction of sp³-hybridized carbons (Fsp3) is 0.417. The molecule has 2 atom stereocenters. The van der Waals surface area contributed by atoms with Crippen molar-refractivity contribution in [1.82, 2.24) is 5.32 Å². The number of halogens is 1. The number of hydrogen-bond donors (Lipinski definition) is 3. The van der Waals surface area contributed by atoms with Crippen molar-refractivity contribution in [3.63, 3.8) is 0 Å². The number of nitrogens with two attached hydrogens (primary N) is 1. The van der Waals surface area contributed by atoms with Crippen LogP contribution in [-0.2, 0) is 0 Å². The second kappa shape index (κ2) is 6.47. The number of rotatable bonds is 5. The number of nitrogens with one attached hydrogen (secondary N) is 1. The van der Waals surface area contributed by atoms with Gasteiger partial charge in [-0.1, -0.05) is 28.9 Å². The predicted octanol–water partition coefficient (Wildman–Crippen LogP) is 2.52. The van der Waals surface area contributed by atoms with E-state index in [1.807, 2.05) is 31.2 Å². The molecule has 0 aliphatic heterocycles. The maximum absolute atomic E-state index is 8.49. The lowest BCUT2D eigenvalue weighted by molar-refractivity contribution is 0.315. The summed E-state index contributed by atoms with van der Waals surface area (Å²) in [5, 5.41) is 15.5. The highest BCUT2D eigenvalue weighted by molar-refractivity contribution is 6.30. The summed E-state index contributed by atoms with van der Waals surface area (Å²) in [5.74, 6) is 0.225. The minimum Gasteiger partial charge on any atom is -0.409 e. The van der Waals surface area contributed by atoms with Crippen LogP contribution in [0.5, 0.6) is 0 Å². The summed E-state index contributed by atoms with van der Waals surface area (Å²) in [6.45, 7) is 4.04. The van der Waals surface area contributed by atoms with Crippen LogP contribution in [0.2, 0.25) is 5.02 Å². The van der Waals surface area contributed by atoms with Gasteiger partial charge in [-0.25, -0.2) is 0 Å². The maximum Gasteiger partial charge on any atom is 0.140 e. The standard InChI is InChI=1S/C12H18ClN3O/c1-8(6-12(14)16-17)15-9(2)10-4-3-5-11(13)7-10/h3-5,7-9,15,17H,6H2,1-2H3,(H2,14,16). The zero-order valence-electron chi connectivity index (χ0n) is 10.0. The van der Waals surface area contributed by atoms with Gasteiger partial charge in [-0.15, -0.1) is 0 Å². The highest BCUT2D eigenvalue weighted by atomic mass is 35.5. The smallest absolute Gasteiger partial charge is 0.140 e. The fourth-order valence-electron chi connectivity index (χ4n) is 1.71. The number of benzene rings is 1. The van der Waals surface area contributed by atoms with E-state index in [2.05, 4.69) is 17.4 Å². The average molecular weight is 256 g/mol. The maximum atomic E-state index is 8.49. The lowest BCUT2D eigenvalue weighted by atomic mass is 10.1. The summed E-state index contributed by atoms with van der Waals surface area (Å²) < 4.78 is 0. The Labute approximate surface area is 106 Å². The molecule has 0 aromatic heterocycles. The molecule has 0 bridgehead atoms. The van der Waals surface area contributed by atoms with Crippen molar-refractivity contribution in [1.29, 1.82) is 0 Å². The number of hydrogen-bond acceptors (Lipinski definition) is 3. The van der Waals surface area contributed by atoms with Gasteiger partial charge in [0.2, 0.25) is 0 Å². The molecule has 4 N–H and O–H groups in total. The summed E-state index contributed by atoms with van der Waals surface area (Å²) in [6.07, 6.45) is 0.501. The van der Waals surface area contributed by atoms with Gasteiger partial charge in [0.25, 0.3) is 0 Å². The first-order valence-electron chi connectivity index (χ1n) is 5.51. The van der Waals surface area contributed by atoms with Gasteiger partial charge in [0, 0.05) is 23.5 Å². The van der Waals surface area contributed by atoms with Crippen LogP contribution in [0.4, 0.5) is 0 Å². The van der Waals surface area contributed by atoms with E-state index in [4.69, 9.17) is 22.5 Å². The van der Waals surface area contributed by atoms with Crippen molar-refractivity contribution in [2.24, 2.45) is 10.9 Å². The Hall–Kier alpha value is -1.26. The average Bonchev–Trinajstić information content (AvgIpc) is 2.28. The second-order valence-electron chi connectivity index (χ2n) is 4.14. The number of amidine groups is 1. The third-order valence-corrected chi connectivity index (χ3v) is 2.76. The number of nitrogens with zero attached hydrogens (tertiary/aromatic N) is 1. The van der Waals surface area contributed by atoms with E-state index in [-0.39, 0.29) is 17.9 Å². The van der Waals surface area contributed by atoms with Crippen LogP contribution in [-0.4, -0.2) is 17.1 Å². The molecule has 5 heteroatoms. The minimum atomic E-state index is 0.125. The molecule has 94 valence electrons. The molecule has 0 heterocycles. The second-order valence-corrected chi connectivity index (χ2v) is 4.58. The predicted molar refractivity (Wildman–Crippen MR) is 70.5 cm³/mol. The van der Waals surface area contributed by atoms with Crippen molar-refractivity contribution in [2.75, 3.05) is 0 Å². The summed E-state index contributed by atoms with van der Waals surface area (Å²) >= 11 is 5.93. The molecule has 0 saturated heterocycles. The van der Waals surface area contributed by atoms with E-state index in [0.717, 1.165) is 10.6 Å². The first-order valence-corrected chi connectivity index (χ1v) is 5.88. The molecule has 1 aromatic rings. The van der Waals surface area contributed by atoms with Crippen molar-refractivity contribution in [2.45, 2.75) is 32.4 Å². The third-order valence-electron chi connectivity index (χ3n) is 2.53. The first-order chi connectivity index (χ1) is 8.02. The van der Waals surface area contributed by atoms with Gasteiger partial charge in [-0.3, -0.25) is 0 Å². The van der Waals surface area contributed by atoms with Crippen LogP contribution in [0, 0.1) is 0 Å². The Kier molecular flexibility index (Phi) is 5.25. The Morgan fingerprint density at radius 2 is 2.24 bits per heavy atom. The van der Waals surface area contributed by atoms with Gasteiger partial charge >= 0.3 is 0 Å². The van der Waals surface area contributed by atoms with Crippen molar-refractivity contribution < 1.29 is 5.21 Å². The van der Waals surface area contributed by atoms with E-state index < -0.39 is 0 Å². The molecule has 0 amide bonds. The topological polar surface area (TPSA) is 70.6 Å². The molecule has 0 radical (unpaired) electrons. The van der Waals surface area contributed by atoms with Crippen molar-refractivity contribution >= 4 is 17.4 Å². The lowest BCUT2D eigenvalue weighted by Crippen LogP contribution is -2.33. The summed E-state index contributed by atoms with van der Waals surface area (Å²) in [6, 6.07) is 7.99. The highest BCUT2D eigenvalue weighted by Gasteiger charge is 2.11. The summed E-state index contributed by atoms with van der Waals surface area (Å²) in [7, 11) is 0. The van der Waals surface area contributed by atoms with Crippen molar-refractivity contribution in [3.05, 3.63) is 34.9 Å². The molecule has 1 rings (SSSR count). The molecule has 0 spiro atoms. The van der Waals surface area contributed by atoms with Crippen LogP contribution in [0.3, 0.4) is 0 Å². The van der Waals surface area contributed by atoms with Gasteiger partial charge < -0.3 is 16.3 Å². The molecule has 1 aromatic carbocycles. The Balaban J connectivity index is 2.57. The molecule has 0 aliphatic rings. The molecule has 0 saturated carbocycles. The minimum absolute atomic E-state index is 0.125. The van der Waals surface area contributed by atoms with Crippen LogP contribution >= 0.6 is 11.6 Å². The molecule has 0 fully saturated rings. The Bertz CT molecular complexity index is 395. The monoisotopic (exact) mass is 255 g/mol. The van der Waals surface area contributed by atoms with Crippen LogP contribution in [0.1, 0.15) is 31.9 Å². The largest absolute Gasteiger partial charge is 0.409 e. The van der Waals surface area contributed by atoms with E-state index in [0.29, 0.717) is 6.42 Å². The quantitative estimate of drug-likeness (QED) is 0.328. The van der Waals surface area contributed by atoms with Gasteiger partial charge in [-0.2, -0.15) is 0 Å². The molecular formula is C12H18ClN3O. The zero-order valence-corrected chi connectivity index (χ0v) is 10.8. The zero-order chi connectivity index (χ0) is 12.8. The highest BCUT2D eigenvalue weighted by Crippen LogP contribution is 2.18. The fourth-order valence-corrected chi connectivity index (χ4v) is 1.91. The molecule has 17 heavy (non-hydrogen) atoms. The molecular weight excluding hydrogens is 238 g/mol. The van der Waals surface area contributed by atoms with Crippen molar-refractivity contribution in [3.8, 4) is 0 Å². The molecule has 2 unspecified atom stereocenters. The van der Waals surface area contributed by atoms with Crippen LogP contribution < -0.4 is 11.1 Å². The van der Waals surface area contributed by atoms with Gasteiger partial charge in [0.05, 0.1) is 0 Å². The van der Waals surface area contributed by atoms with Gasteiger partial charge in [0.15, 0.2) is 0 Å². The molecule has 0 aliphatic carbocycles. The number of oxime groups is 1. The third kappa shape index (κ3) is 4.63. The molecule has 4 nitrogen and oxygen atoms in total. The summed E-state index contributed by atoms with van der Waals surface area (Å²) in [4.78, 5) is 0. The van der Waals surface area contributed by atoms with Crippen LogP contribution in [0.15, 0.2) is 29.4 Å². The van der Waals surface area contributed by atoms with Gasteiger partial charge in [0.1, 0.15) is 5.84 Å². The van der Waals surface area contributed by atoms with E-state index in [1.54, 1.807) is 0 Å². The van der Waals surface area contributed by atoms with E-state index in [9.17, 15) is 0 Å². The normalized spacial score (nSPS) is 15.6. The first kappa shape index (κ1) is 13.8. The van der Waals surface area contributed by atoms with Crippen LogP contribution in [0.25, 0.3) is 0 Å². The lowest BCUT2D eigenvalue weighted by Gasteiger charge is -2.20. The Morgan fingerprint density at radius 3 is 2.82 bits per heavy atom. The summed E-state index contributed by atoms with van der Waals surface area (Å²) in [5.41, 5.74) is 6.57. The van der Waals surface area contributed by atoms with E-state index in [1.165, 1.54) is 0 Å². The SMILES string of the molecule is CC(CC(N)=NO)NC(C)c1cccc(Cl)c1. The van der Waals surface area contributed by atoms with Gasteiger partial charge in [-0.05, 0) is 31.5 Å². The Morgan fingerprint density at radius 1 is 1.53 bits per heavy atom.